The van der Waals surface area contributed by atoms with Gasteiger partial charge >= 0.3 is 28.1 Å². The summed E-state index contributed by atoms with van der Waals surface area (Å²) in [6, 6.07) is 69.6. The molecule has 0 aliphatic carbocycles. The van der Waals surface area contributed by atoms with E-state index in [1.54, 1.807) is 122 Å². The Bertz CT molecular complexity index is 6350. The van der Waals surface area contributed by atoms with Gasteiger partial charge < -0.3 is 66.4 Å². The van der Waals surface area contributed by atoms with Gasteiger partial charge in [-0.05, 0) is 177 Å². The van der Waals surface area contributed by atoms with Crippen LogP contribution in [0, 0.1) is 20.8 Å². The molecule has 0 amide bonds. The van der Waals surface area contributed by atoms with E-state index in [9.17, 15) is 0 Å². The maximum atomic E-state index is 16.3. The SMILES string of the molecule is COB1n2c3ccc2C(c2ccc(-c4ccc(C5=C6C=CC(C)=[N+]6[B-](F)(F)n6c(C)ccc65)cc4)cc2)=c2ccc(n21)=C(c1ccc(-c2ccc(C4=C5C=CC(C)=[N+]5[B-](F)(F)n5c(C)ccc54)cc2)cc1)C1=NC(=C3c2ccc(-c3ccc(C4=C5C=CC(C)=[N+]5[B-](F)(F)n5c(C)ccc54)cc3)cc2)C=C1. The van der Waals surface area contributed by atoms with Crippen molar-refractivity contribution in [3.8, 4) is 33.4 Å². The molecule has 0 N–H and O–H groups in total. The number of aromatic nitrogens is 5. The van der Waals surface area contributed by atoms with Crippen molar-refractivity contribution in [1.29, 1.82) is 0 Å². The van der Waals surface area contributed by atoms with E-state index in [1.807, 2.05) is 36.4 Å². The summed E-state index contributed by atoms with van der Waals surface area (Å²) in [5, 5.41) is 1.84. The van der Waals surface area contributed by atoms with Gasteiger partial charge in [0.05, 0.1) is 28.1 Å². The number of nitrogens with zero attached hydrogens (tertiary/aromatic N) is 9. The highest BCUT2D eigenvalue weighted by Crippen LogP contribution is 2.46. The van der Waals surface area contributed by atoms with Crippen LogP contribution < -0.4 is 10.7 Å². The fourth-order valence-electron chi connectivity index (χ4n) is 18.0. The summed E-state index contributed by atoms with van der Waals surface area (Å²) in [6.07, 6.45) is 14.9. The number of aliphatic imine (C=N–C) groups is 1. The van der Waals surface area contributed by atoms with Gasteiger partial charge in [-0.15, -0.1) is 0 Å². The number of rotatable bonds is 10. The number of aryl methyl sites for hydroxylation is 3. The number of hydrogen-bond donors (Lipinski definition) is 0. The lowest BCUT2D eigenvalue weighted by atomic mass is 9.85. The Kier molecular flexibility index (Phi) is 13.2. The monoisotopic (exact) mass is 1380 g/mol. The van der Waals surface area contributed by atoms with E-state index in [0.717, 1.165) is 134 Å². The van der Waals surface area contributed by atoms with Gasteiger partial charge in [0, 0.05) is 120 Å². The molecule has 14 heterocycles. The smallest absolute Gasteiger partial charge is 0.400 e. The first-order valence-corrected chi connectivity index (χ1v) is 35.4. The molecule has 5 aromatic heterocycles. The van der Waals surface area contributed by atoms with Gasteiger partial charge in [-0.25, -0.2) is 4.99 Å². The van der Waals surface area contributed by atoms with E-state index in [-0.39, 0.29) is 0 Å². The number of allylic oxidation sites excluding steroid dienone is 8. The van der Waals surface area contributed by atoms with Crippen molar-refractivity contribution in [3.05, 3.63) is 367 Å². The standard InChI is InChI=1S/C85H63B4F6N9O/c1-50-8-40-74-83(75-41-9-51(2)100(75)87(90,91)99(50)74)65-32-20-59(21-33-65)56-14-26-62(27-15-56)80-68-38-39-69(96-68)81(63-28-16-57(17-29-63)60-22-34-66(35-23-60)84-76-42-10-52(3)101(76)88(92,93)102-53(4)11-43-77(84)102)71-47-49-73-82(72-48-46-70(80)97(72)86(105-7)98(71)73)64-30-18-58(19-31-64)61-24-36-67(37-25-61)85-78-44-12-54(5)103(78)89(94,95)104-55(6)13-45-79(85)104/h8-49H,1-7H3. The van der Waals surface area contributed by atoms with Crippen LogP contribution in [-0.2, 0) is 4.65 Å². The van der Waals surface area contributed by atoms with Crippen LogP contribution in [-0.4, -0.2) is 93.9 Å². The Morgan fingerprint density at radius 2 is 0.581 bits per heavy atom. The van der Waals surface area contributed by atoms with Crippen molar-refractivity contribution in [2.24, 2.45) is 4.99 Å². The summed E-state index contributed by atoms with van der Waals surface area (Å²) < 4.78 is 116. The molecule has 11 aromatic rings. The molecule has 0 fully saturated rings. The summed E-state index contributed by atoms with van der Waals surface area (Å²) in [5.74, 6) is 0. The zero-order chi connectivity index (χ0) is 71.6. The Hall–Kier alpha value is -12.1. The molecule has 10 nitrogen and oxygen atoms in total. The molecule has 0 unspecified atom stereocenters. The molecule has 9 aliphatic heterocycles. The third-order valence-electron chi connectivity index (χ3n) is 22.8. The molecule has 0 radical (unpaired) electrons. The predicted molar refractivity (Wildman–Crippen MR) is 410 cm³/mol. The number of halogens is 6. The summed E-state index contributed by atoms with van der Waals surface area (Å²) in [5.41, 5.74) is 25.6. The molecule has 0 saturated heterocycles. The molecular formula is C85H63B4F6N9O. The van der Waals surface area contributed by atoms with Crippen molar-refractivity contribution < 1.29 is 44.0 Å². The van der Waals surface area contributed by atoms with E-state index < -0.39 is 28.1 Å². The van der Waals surface area contributed by atoms with Crippen LogP contribution >= 0.6 is 0 Å². The van der Waals surface area contributed by atoms with E-state index in [2.05, 4.69) is 155 Å². The van der Waals surface area contributed by atoms with E-state index in [0.29, 0.717) is 68.4 Å². The van der Waals surface area contributed by atoms with Gasteiger partial charge in [-0.2, -0.15) is 0 Å². The highest BCUT2D eigenvalue weighted by molar-refractivity contribution is 6.59. The van der Waals surface area contributed by atoms with Crippen molar-refractivity contribution in [3.63, 3.8) is 0 Å². The molecule has 508 valence electrons. The van der Waals surface area contributed by atoms with Gasteiger partial charge in [-0.1, -0.05) is 146 Å². The second kappa shape index (κ2) is 22.2. The summed E-state index contributed by atoms with van der Waals surface area (Å²) in [6.45, 7) is -1.86. The predicted octanol–water partition coefficient (Wildman–Crippen LogP) is 16.3. The van der Waals surface area contributed by atoms with E-state index >= 15 is 25.9 Å². The van der Waals surface area contributed by atoms with Crippen LogP contribution in [0.4, 0.5) is 25.9 Å². The van der Waals surface area contributed by atoms with Crippen molar-refractivity contribution in [1.82, 2.24) is 22.4 Å². The van der Waals surface area contributed by atoms with Crippen LogP contribution in [0.15, 0.2) is 283 Å². The molecule has 4 bridgehead atoms. The highest BCUT2D eigenvalue weighted by atomic mass is 19.3. The van der Waals surface area contributed by atoms with Gasteiger partial charge in [-0.3, -0.25) is 0 Å². The van der Waals surface area contributed by atoms with Gasteiger partial charge in [0.25, 0.3) is 0 Å². The fourth-order valence-corrected chi connectivity index (χ4v) is 18.0. The maximum Gasteiger partial charge on any atom is 0.737 e. The Morgan fingerprint density at radius 1 is 0.295 bits per heavy atom. The average Bonchev–Trinajstić information content (AvgIpc) is 1.65. The molecule has 0 saturated carbocycles. The number of benzene rings is 6. The number of hydrogen-bond acceptors (Lipinski definition) is 2. The van der Waals surface area contributed by atoms with Crippen molar-refractivity contribution in [2.45, 2.75) is 41.5 Å². The average molecular weight is 1380 g/mol. The minimum atomic E-state index is -4.08. The summed E-state index contributed by atoms with van der Waals surface area (Å²) >= 11 is 0. The fraction of sp³-hybridized carbons (Fsp3) is 0.0824. The first kappa shape index (κ1) is 62.6. The molecular weight excluding hydrogens is 1320 g/mol. The second-order valence-corrected chi connectivity index (χ2v) is 28.6. The normalized spacial score (nSPS) is 18.0. The number of fused-ring (bicyclic) bond motifs is 7. The van der Waals surface area contributed by atoms with Crippen LogP contribution in [0.1, 0.15) is 99.7 Å². The third kappa shape index (κ3) is 8.77. The lowest BCUT2D eigenvalue weighted by Crippen LogP contribution is -2.52. The van der Waals surface area contributed by atoms with Crippen LogP contribution in [0.2, 0.25) is 0 Å². The van der Waals surface area contributed by atoms with Crippen LogP contribution in [0.25, 0.3) is 66.8 Å². The molecule has 20 rings (SSSR count). The Balaban J connectivity index is 0.695. The molecule has 20 heteroatoms. The molecule has 0 atom stereocenters. The van der Waals surface area contributed by atoms with Crippen molar-refractivity contribution >= 4 is 84.4 Å². The third-order valence-corrected chi connectivity index (χ3v) is 22.8. The summed E-state index contributed by atoms with van der Waals surface area (Å²) in [4.78, 5) is 5.59. The maximum absolute atomic E-state index is 16.3. The molecule has 105 heavy (non-hydrogen) atoms. The lowest BCUT2D eigenvalue weighted by molar-refractivity contribution is -0.362. The Labute approximate surface area is 601 Å². The zero-order valence-electron chi connectivity index (χ0n) is 58.3. The largest absolute Gasteiger partial charge is 0.737 e. The lowest BCUT2D eigenvalue weighted by Gasteiger charge is -2.33. The first-order valence-electron chi connectivity index (χ1n) is 35.4. The minimum absolute atomic E-state index is 0.492. The van der Waals surface area contributed by atoms with Crippen LogP contribution in [0.3, 0.4) is 0 Å². The zero-order valence-corrected chi connectivity index (χ0v) is 58.3. The van der Waals surface area contributed by atoms with E-state index in [4.69, 9.17) is 9.65 Å². The molecule has 6 aromatic carbocycles. The van der Waals surface area contributed by atoms with Crippen molar-refractivity contribution in [2.75, 3.05) is 7.11 Å². The topological polar surface area (TPSA) is 55.3 Å². The molecule has 0 spiro atoms. The van der Waals surface area contributed by atoms with E-state index in [1.165, 1.54) is 26.9 Å². The highest BCUT2D eigenvalue weighted by Gasteiger charge is 2.56. The Morgan fingerprint density at radius 3 is 0.924 bits per heavy atom. The van der Waals surface area contributed by atoms with Gasteiger partial charge in [0.1, 0.15) is 17.1 Å². The second-order valence-electron chi connectivity index (χ2n) is 28.6. The van der Waals surface area contributed by atoms with Gasteiger partial charge in [0.2, 0.25) is 0 Å². The van der Waals surface area contributed by atoms with Crippen LogP contribution in [0.5, 0.6) is 0 Å². The summed E-state index contributed by atoms with van der Waals surface area (Å²) in [7, 11) is 1.08. The minimum Gasteiger partial charge on any atom is -0.400 e. The first-order chi connectivity index (χ1) is 50.8. The molecule has 9 aliphatic rings. The van der Waals surface area contributed by atoms with Gasteiger partial charge in [0.15, 0.2) is 17.1 Å². The quantitative estimate of drug-likeness (QED) is 0.0994.